The van der Waals surface area contributed by atoms with Crippen molar-refractivity contribution in [1.29, 1.82) is 0 Å². The van der Waals surface area contributed by atoms with Gasteiger partial charge in [-0.2, -0.15) is 0 Å². The van der Waals surface area contributed by atoms with Crippen molar-refractivity contribution in [2.24, 2.45) is 0 Å². The first-order valence-electron chi connectivity index (χ1n) is 4.50. The van der Waals surface area contributed by atoms with Gasteiger partial charge < -0.3 is 4.74 Å². The number of hydrogen-bond acceptors (Lipinski definition) is 2. The van der Waals surface area contributed by atoms with E-state index in [0.717, 1.165) is 5.56 Å². The number of halogens is 1. The Kier molecular flexibility index (Phi) is 4.47. The van der Waals surface area contributed by atoms with Gasteiger partial charge in [-0.1, -0.05) is 48.9 Å². The number of rotatable bonds is 4. The van der Waals surface area contributed by atoms with Crippen LogP contribution in [0.3, 0.4) is 0 Å². The second kappa shape index (κ2) is 5.66. The molecule has 3 heteroatoms. The van der Waals surface area contributed by atoms with Crippen LogP contribution in [0.1, 0.15) is 24.8 Å². The molecule has 1 rings (SSSR count). The van der Waals surface area contributed by atoms with Crippen LogP contribution in [-0.2, 0) is 9.53 Å². The van der Waals surface area contributed by atoms with E-state index in [1.54, 1.807) is 0 Å². The van der Waals surface area contributed by atoms with Gasteiger partial charge >= 0.3 is 5.97 Å². The molecule has 0 saturated carbocycles. The van der Waals surface area contributed by atoms with Crippen molar-refractivity contribution in [1.82, 2.24) is 0 Å². The Bertz CT molecular complexity index is 285. The lowest BCUT2D eigenvalue weighted by Gasteiger charge is -2.09. The Labute approximate surface area is 88.8 Å². The maximum atomic E-state index is 11.1. The molecule has 0 aliphatic rings. The highest BCUT2D eigenvalue weighted by atomic mass is 35.5. The van der Waals surface area contributed by atoms with Crippen molar-refractivity contribution >= 4 is 17.6 Å². The van der Waals surface area contributed by atoms with E-state index in [1.807, 2.05) is 37.3 Å². The second-order valence-corrected chi connectivity index (χ2v) is 3.36. The van der Waals surface area contributed by atoms with E-state index in [4.69, 9.17) is 11.6 Å². The van der Waals surface area contributed by atoms with Crippen LogP contribution >= 0.6 is 11.6 Å². The number of alkyl halides is 1. The first kappa shape index (κ1) is 11.1. The van der Waals surface area contributed by atoms with E-state index in [9.17, 15) is 4.79 Å². The topological polar surface area (TPSA) is 26.3 Å². The molecule has 0 aliphatic heterocycles. The molecule has 14 heavy (non-hydrogen) atoms. The molecule has 2 nitrogen and oxygen atoms in total. The fourth-order valence-electron chi connectivity index (χ4n) is 1.27. The summed E-state index contributed by atoms with van der Waals surface area (Å²) in [5, 5.41) is 0. The SMILES string of the molecule is C[C@@H](CC(=O)OCCl)c1ccccc1. The molecule has 0 N–H and O–H groups in total. The molecular formula is C11H13ClO2. The minimum absolute atomic E-state index is 0.0691. The highest BCUT2D eigenvalue weighted by Gasteiger charge is 2.11. The van der Waals surface area contributed by atoms with Crippen LogP contribution in [0.2, 0.25) is 0 Å². The average molecular weight is 213 g/mol. The highest BCUT2D eigenvalue weighted by Crippen LogP contribution is 2.18. The quantitative estimate of drug-likeness (QED) is 0.567. The summed E-state index contributed by atoms with van der Waals surface area (Å²) in [6.07, 6.45) is 0.372. The van der Waals surface area contributed by atoms with Crippen molar-refractivity contribution in [2.45, 2.75) is 19.3 Å². The van der Waals surface area contributed by atoms with Crippen LogP contribution in [0.25, 0.3) is 0 Å². The zero-order valence-corrected chi connectivity index (χ0v) is 8.83. The van der Waals surface area contributed by atoms with Crippen LogP contribution in [0.5, 0.6) is 0 Å². The molecule has 0 saturated heterocycles. The highest BCUT2D eigenvalue weighted by molar-refractivity contribution is 6.17. The molecule has 0 radical (unpaired) electrons. The Balaban J connectivity index is 2.50. The van der Waals surface area contributed by atoms with Crippen LogP contribution in [0, 0.1) is 0 Å². The largest absolute Gasteiger partial charge is 0.449 e. The summed E-state index contributed by atoms with van der Waals surface area (Å²) in [5.41, 5.74) is 1.14. The van der Waals surface area contributed by atoms with Crippen LogP contribution in [-0.4, -0.2) is 12.0 Å². The smallest absolute Gasteiger partial charge is 0.307 e. The predicted octanol–water partition coefficient (Wildman–Crippen LogP) is 2.92. The zero-order chi connectivity index (χ0) is 10.4. The fourth-order valence-corrected chi connectivity index (χ4v) is 1.39. The average Bonchev–Trinajstić information content (AvgIpc) is 2.19. The van der Waals surface area contributed by atoms with Crippen LogP contribution in [0.15, 0.2) is 30.3 Å². The van der Waals surface area contributed by atoms with E-state index >= 15 is 0 Å². The van der Waals surface area contributed by atoms with Crippen LogP contribution in [0.4, 0.5) is 0 Å². The van der Waals surface area contributed by atoms with Gasteiger partial charge in [0.1, 0.15) is 0 Å². The van der Waals surface area contributed by atoms with Crippen molar-refractivity contribution in [2.75, 3.05) is 6.07 Å². The number of carbonyl (C=O) groups excluding carboxylic acids is 1. The third kappa shape index (κ3) is 3.38. The summed E-state index contributed by atoms with van der Waals surface area (Å²) in [7, 11) is 0. The monoisotopic (exact) mass is 212 g/mol. The van der Waals surface area contributed by atoms with Crippen molar-refractivity contribution < 1.29 is 9.53 Å². The lowest BCUT2D eigenvalue weighted by atomic mass is 9.98. The van der Waals surface area contributed by atoms with Crippen molar-refractivity contribution in [3.05, 3.63) is 35.9 Å². The minimum atomic E-state index is -0.253. The van der Waals surface area contributed by atoms with Crippen molar-refractivity contribution in [3.8, 4) is 0 Å². The maximum absolute atomic E-state index is 11.1. The first-order chi connectivity index (χ1) is 6.74. The van der Waals surface area contributed by atoms with Gasteiger partial charge in [0.2, 0.25) is 0 Å². The van der Waals surface area contributed by atoms with E-state index < -0.39 is 0 Å². The molecule has 0 amide bonds. The summed E-state index contributed by atoms with van der Waals surface area (Å²) in [5.74, 6) is -0.0803. The normalized spacial score (nSPS) is 12.1. The van der Waals surface area contributed by atoms with E-state index in [-0.39, 0.29) is 18.0 Å². The molecule has 0 aliphatic carbocycles. The van der Waals surface area contributed by atoms with E-state index in [2.05, 4.69) is 4.74 Å². The zero-order valence-electron chi connectivity index (χ0n) is 8.07. The summed E-state index contributed by atoms with van der Waals surface area (Å²) in [6.45, 7) is 1.99. The summed E-state index contributed by atoms with van der Waals surface area (Å²) < 4.78 is 4.66. The Morgan fingerprint density at radius 1 is 1.43 bits per heavy atom. The fraction of sp³-hybridized carbons (Fsp3) is 0.364. The van der Waals surface area contributed by atoms with Gasteiger partial charge in [-0.05, 0) is 11.5 Å². The van der Waals surface area contributed by atoms with Gasteiger partial charge in [0, 0.05) is 0 Å². The van der Waals surface area contributed by atoms with Crippen LogP contribution < -0.4 is 0 Å². The molecule has 0 aromatic heterocycles. The van der Waals surface area contributed by atoms with Gasteiger partial charge in [0.25, 0.3) is 0 Å². The van der Waals surface area contributed by atoms with Gasteiger partial charge in [0.05, 0.1) is 6.42 Å². The van der Waals surface area contributed by atoms with Gasteiger partial charge in [0.15, 0.2) is 6.07 Å². The lowest BCUT2D eigenvalue weighted by Crippen LogP contribution is -2.07. The Morgan fingerprint density at radius 2 is 2.07 bits per heavy atom. The molecule has 0 spiro atoms. The molecule has 0 bridgehead atoms. The molecule has 1 atom stereocenters. The maximum Gasteiger partial charge on any atom is 0.307 e. The Morgan fingerprint density at radius 3 is 2.64 bits per heavy atom. The lowest BCUT2D eigenvalue weighted by molar-refractivity contribution is -0.141. The van der Waals surface area contributed by atoms with E-state index in [1.165, 1.54) is 0 Å². The van der Waals surface area contributed by atoms with Crippen molar-refractivity contribution in [3.63, 3.8) is 0 Å². The van der Waals surface area contributed by atoms with Gasteiger partial charge in [-0.15, -0.1) is 0 Å². The third-order valence-electron chi connectivity index (χ3n) is 2.06. The summed E-state index contributed by atoms with van der Waals surface area (Å²) in [6, 6.07) is 9.79. The van der Waals surface area contributed by atoms with Gasteiger partial charge in [-0.25, -0.2) is 0 Å². The molecule has 1 aromatic rings. The standard InChI is InChI=1S/C11H13ClO2/c1-9(7-11(13)14-8-12)10-5-3-2-4-6-10/h2-6,9H,7-8H2,1H3/t9-/m0/s1. The number of ether oxygens (including phenoxy) is 1. The summed E-state index contributed by atoms with van der Waals surface area (Å²) >= 11 is 5.28. The van der Waals surface area contributed by atoms with Gasteiger partial charge in [-0.3, -0.25) is 4.79 Å². The predicted molar refractivity (Wildman–Crippen MR) is 56.3 cm³/mol. The molecular weight excluding hydrogens is 200 g/mol. The molecule has 0 fully saturated rings. The first-order valence-corrected chi connectivity index (χ1v) is 5.04. The number of carbonyl (C=O) groups is 1. The third-order valence-corrected chi connectivity index (χ3v) is 2.17. The molecule has 1 aromatic carbocycles. The number of hydrogen-bond donors (Lipinski definition) is 0. The summed E-state index contributed by atoms with van der Waals surface area (Å²) in [4.78, 5) is 11.1. The second-order valence-electron chi connectivity index (χ2n) is 3.14. The molecule has 0 heterocycles. The number of esters is 1. The molecule has 0 unspecified atom stereocenters. The Hall–Kier alpha value is -1.02. The number of benzene rings is 1. The minimum Gasteiger partial charge on any atom is -0.449 e. The molecule has 76 valence electrons. The van der Waals surface area contributed by atoms with E-state index in [0.29, 0.717) is 6.42 Å².